The van der Waals surface area contributed by atoms with Crippen LogP contribution >= 0.6 is 0 Å². The molecule has 0 saturated heterocycles. The molecule has 6 nitrogen and oxygen atoms in total. The zero-order valence-corrected chi connectivity index (χ0v) is 19.5. The van der Waals surface area contributed by atoms with Gasteiger partial charge in [-0.1, -0.05) is 97.1 Å². The lowest BCUT2D eigenvalue weighted by molar-refractivity contribution is -0.140. The third-order valence-corrected chi connectivity index (χ3v) is 7.53. The summed E-state index contributed by atoms with van der Waals surface area (Å²) < 4.78 is 26.0. The quantitative estimate of drug-likeness (QED) is 0.352. The zero-order valence-electron chi connectivity index (χ0n) is 18.7. The van der Waals surface area contributed by atoms with E-state index in [9.17, 15) is 18.3 Å². The van der Waals surface area contributed by atoms with E-state index in [0.717, 1.165) is 11.1 Å². The van der Waals surface area contributed by atoms with Crippen molar-refractivity contribution in [3.8, 4) is 0 Å². The van der Waals surface area contributed by atoms with Gasteiger partial charge in [0.25, 0.3) is 10.0 Å². The Morgan fingerprint density at radius 1 is 0.882 bits per heavy atom. The maximum atomic E-state index is 13.0. The second-order valence-corrected chi connectivity index (χ2v) is 10.2. The average Bonchev–Trinajstić information content (AvgIpc) is 2.84. The van der Waals surface area contributed by atoms with Gasteiger partial charge < -0.3 is 5.11 Å². The van der Waals surface area contributed by atoms with Crippen molar-refractivity contribution in [2.24, 2.45) is 0 Å². The number of hydrogen-bond donors (Lipinski definition) is 3. The Labute approximate surface area is 199 Å². The highest BCUT2D eigenvalue weighted by Gasteiger charge is 2.48. The first-order valence-electron chi connectivity index (χ1n) is 10.8. The number of nitrogens with one attached hydrogen (secondary N) is 2. The van der Waals surface area contributed by atoms with Gasteiger partial charge in [-0.15, -0.1) is 4.83 Å². The van der Waals surface area contributed by atoms with Crippen molar-refractivity contribution >= 4 is 16.0 Å². The molecule has 0 heterocycles. The summed E-state index contributed by atoms with van der Waals surface area (Å²) in [5.41, 5.74) is 3.26. The van der Waals surface area contributed by atoms with E-state index < -0.39 is 26.9 Å². The van der Waals surface area contributed by atoms with Crippen molar-refractivity contribution in [3.05, 3.63) is 126 Å². The first-order valence-corrected chi connectivity index (χ1v) is 12.3. The molecule has 1 aliphatic rings. The third kappa shape index (κ3) is 4.21. The number of aliphatic carboxylic acids is 1. The predicted octanol–water partition coefficient (Wildman–Crippen LogP) is 4.21. The van der Waals surface area contributed by atoms with E-state index in [1.165, 1.54) is 12.1 Å². The molecule has 0 aromatic heterocycles. The van der Waals surface area contributed by atoms with E-state index in [1.54, 1.807) is 48.6 Å². The summed E-state index contributed by atoms with van der Waals surface area (Å²) in [5.74, 6) is -1.04. The van der Waals surface area contributed by atoms with Gasteiger partial charge in [0.15, 0.2) is 0 Å². The zero-order chi connectivity index (χ0) is 24.4. The Morgan fingerprint density at radius 3 is 1.97 bits per heavy atom. The van der Waals surface area contributed by atoms with Gasteiger partial charge in [-0.25, -0.2) is 13.8 Å². The summed E-state index contributed by atoms with van der Waals surface area (Å²) >= 11 is 0. The summed E-state index contributed by atoms with van der Waals surface area (Å²) in [6.45, 7) is 6.03. The minimum Gasteiger partial charge on any atom is -0.480 e. The fourth-order valence-corrected chi connectivity index (χ4v) is 5.22. The van der Waals surface area contributed by atoms with Crippen molar-refractivity contribution in [3.63, 3.8) is 0 Å². The van der Waals surface area contributed by atoms with Gasteiger partial charge in [0.2, 0.25) is 0 Å². The SMILES string of the molecule is C=C1CC(NNS(=O)(=O)c2ccc(C)cc2)(c2ccccc2)C=CC1(C(=O)O)c1ccccc1. The molecule has 7 heteroatoms. The van der Waals surface area contributed by atoms with Crippen LogP contribution in [0, 0.1) is 6.92 Å². The van der Waals surface area contributed by atoms with Gasteiger partial charge in [0.05, 0.1) is 10.4 Å². The second kappa shape index (κ2) is 9.02. The molecule has 0 fully saturated rings. The van der Waals surface area contributed by atoms with Gasteiger partial charge in [-0.3, -0.25) is 4.79 Å². The maximum Gasteiger partial charge on any atom is 0.322 e. The summed E-state index contributed by atoms with van der Waals surface area (Å²) in [6, 6.07) is 24.7. The molecule has 34 heavy (non-hydrogen) atoms. The van der Waals surface area contributed by atoms with Crippen molar-refractivity contribution in [1.82, 2.24) is 10.3 Å². The van der Waals surface area contributed by atoms with Crippen molar-refractivity contribution in [2.45, 2.75) is 29.2 Å². The molecule has 0 aliphatic heterocycles. The number of hydrazine groups is 1. The maximum absolute atomic E-state index is 13.0. The smallest absolute Gasteiger partial charge is 0.322 e. The lowest BCUT2D eigenvalue weighted by atomic mass is 9.65. The van der Waals surface area contributed by atoms with Gasteiger partial charge in [0, 0.05) is 0 Å². The summed E-state index contributed by atoms with van der Waals surface area (Å²) in [5, 5.41) is 10.2. The minimum atomic E-state index is -3.88. The standard InChI is InChI=1S/C27H26N2O4S/c1-20-13-15-24(16-14-20)34(32,33)29-28-26(22-9-5-3-6-10-22)17-18-27(25(30)31,21(2)19-26)23-11-7-4-8-12-23/h3-18,28-29H,2,19H2,1H3,(H,30,31). The molecule has 1 aliphatic carbocycles. The fourth-order valence-electron chi connectivity index (χ4n) is 4.29. The van der Waals surface area contributed by atoms with Crippen LogP contribution < -0.4 is 10.3 Å². The predicted molar refractivity (Wildman–Crippen MR) is 131 cm³/mol. The Hall–Kier alpha value is -3.52. The third-order valence-electron chi connectivity index (χ3n) is 6.26. The topological polar surface area (TPSA) is 95.5 Å². The van der Waals surface area contributed by atoms with Crippen LogP contribution in [-0.2, 0) is 25.8 Å². The number of hydrogen-bond acceptors (Lipinski definition) is 4. The molecular weight excluding hydrogens is 448 g/mol. The lowest BCUT2D eigenvalue weighted by Gasteiger charge is -2.42. The molecule has 3 aromatic rings. The molecule has 2 atom stereocenters. The Bertz CT molecular complexity index is 1340. The monoisotopic (exact) mass is 474 g/mol. The van der Waals surface area contributed by atoms with Gasteiger partial charge in [0.1, 0.15) is 5.41 Å². The molecular formula is C27H26N2O4S. The molecule has 4 rings (SSSR count). The van der Waals surface area contributed by atoms with Crippen LogP contribution in [0.3, 0.4) is 0 Å². The Kier molecular flexibility index (Phi) is 6.27. The number of carboxylic acids is 1. The van der Waals surface area contributed by atoms with E-state index in [-0.39, 0.29) is 11.3 Å². The van der Waals surface area contributed by atoms with Gasteiger partial charge in [-0.2, -0.15) is 0 Å². The molecule has 0 bridgehead atoms. The van der Waals surface area contributed by atoms with Crippen LogP contribution in [0.5, 0.6) is 0 Å². The Morgan fingerprint density at radius 2 is 1.44 bits per heavy atom. The van der Waals surface area contributed by atoms with Crippen LogP contribution in [0.25, 0.3) is 0 Å². The number of sulfonamides is 1. The number of carbonyl (C=O) groups is 1. The van der Waals surface area contributed by atoms with Crippen molar-refractivity contribution < 1.29 is 18.3 Å². The van der Waals surface area contributed by atoms with Crippen LogP contribution in [0.1, 0.15) is 23.1 Å². The normalized spacial score (nSPS) is 22.4. The molecule has 0 radical (unpaired) electrons. The molecule has 0 saturated carbocycles. The van der Waals surface area contributed by atoms with E-state index in [4.69, 9.17) is 0 Å². The highest BCUT2D eigenvalue weighted by molar-refractivity contribution is 7.89. The second-order valence-electron chi connectivity index (χ2n) is 8.47. The van der Waals surface area contributed by atoms with E-state index in [1.807, 2.05) is 43.3 Å². The summed E-state index contributed by atoms with van der Waals surface area (Å²) in [7, 11) is -3.88. The molecule has 2 unspecified atom stereocenters. The van der Waals surface area contributed by atoms with E-state index in [0.29, 0.717) is 11.1 Å². The molecule has 3 N–H and O–H groups in total. The fraction of sp³-hybridized carbons (Fsp3) is 0.148. The number of carboxylic acid groups (broad SMARTS) is 1. The molecule has 0 amide bonds. The number of aryl methyl sites for hydroxylation is 1. The van der Waals surface area contributed by atoms with Crippen molar-refractivity contribution in [1.29, 1.82) is 0 Å². The highest BCUT2D eigenvalue weighted by atomic mass is 32.2. The largest absolute Gasteiger partial charge is 0.480 e. The molecule has 0 spiro atoms. The molecule has 3 aromatic carbocycles. The minimum absolute atomic E-state index is 0.122. The first kappa shape index (κ1) is 23.6. The first-order chi connectivity index (χ1) is 16.2. The van der Waals surface area contributed by atoms with Crippen LogP contribution in [0.4, 0.5) is 0 Å². The van der Waals surface area contributed by atoms with E-state index >= 15 is 0 Å². The van der Waals surface area contributed by atoms with Gasteiger partial charge in [-0.05, 0) is 42.2 Å². The number of rotatable bonds is 7. The Balaban J connectivity index is 1.76. The van der Waals surface area contributed by atoms with Crippen molar-refractivity contribution in [2.75, 3.05) is 0 Å². The highest BCUT2D eigenvalue weighted by Crippen LogP contribution is 2.45. The van der Waals surface area contributed by atoms with Crippen LogP contribution in [0.15, 0.2) is 114 Å². The van der Waals surface area contributed by atoms with Gasteiger partial charge >= 0.3 is 5.97 Å². The lowest BCUT2D eigenvalue weighted by Crippen LogP contribution is -2.54. The van der Waals surface area contributed by atoms with Crippen LogP contribution in [0.2, 0.25) is 0 Å². The van der Waals surface area contributed by atoms with E-state index in [2.05, 4.69) is 16.8 Å². The summed E-state index contributed by atoms with van der Waals surface area (Å²) in [6.07, 6.45) is 3.47. The summed E-state index contributed by atoms with van der Waals surface area (Å²) in [4.78, 5) is 15.1. The number of benzene rings is 3. The molecule has 174 valence electrons. The van der Waals surface area contributed by atoms with Crippen LogP contribution in [-0.4, -0.2) is 19.5 Å². The average molecular weight is 475 g/mol.